The number of halogens is 1. The fourth-order valence-electron chi connectivity index (χ4n) is 2.56. The predicted octanol–water partition coefficient (Wildman–Crippen LogP) is 4.22. The van der Waals surface area contributed by atoms with Gasteiger partial charge >= 0.3 is 5.97 Å². The number of hydrogen-bond acceptors (Lipinski definition) is 3. The fraction of sp³-hybridized carbons (Fsp3) is 0.100. The van der Waals surface area contributed by atoms with E-state index in [0.29, 0.717) is 10.7 Å². The topological polar surface area (TPSA) is 55.4 Å². The van der Waals surface area contributed by atoms with Crippen LogP contribution in [0.1, 0.15) is 5.56 Å². The summed E-state index contributed by atoms with van der Waals surface area (Å²) in [5.74, 6) is -0.855. The first-order valence-electron chi connectivity index (χ1n) is 7.79. The first-order valence-corrected chi connectivity index (χ1v) is 8.17. The van der Waals surface area contributed by atoms with Gasteiger partial charge in [0.25, 0.3) is 5.91 Å². The van der Waals surface area contributed by atoms with Gasteiger partial charge in [0.2, 0.25) is 0 Å². The number of rotatable bonds is 5. The van der Waals surface area contributed by atoms with Crippen molar-refractivity contribution in [3.63, 3.8) is 0 Å². The van der Waals surface area contributed by atoms with E-state index in [1.807, 2.05) is 42.5 Å². The summed E-state index contributed by atoms with van der Waals surface area (Å²) in [5.41, 5.74) is 1.43. The summed E-state index contributed by atoms with van der Waals surface area (Å²) in [5, 5.41) is 5.22. The summed E-state index contributed by atoms with van der Waals surface area (Å²) in [7, 11) is 0. The summed E-state index contributed by atoms with van der Waals surface area (Å²) in [6, 6.07) is 20.4. The van der Waals surface area contributed by atoms with Crippen LogP contribution in [0.3, 0.4) is 0 Å². The summed E-state index contributed by atoms with van der Waals surface area (Å²) in [6.45, 7) is -0.337. The van der Waals surface area contributed by atoms with Gasteiger partial charge in [-0.05, 0) is 34.5 Å². The Labute approximate surface area is 150 Å². The third-order valence-corrected chi connectivity index (χ3v) is 3.92. The Morgan fingerprint density at radius 1 is 0.960 bits per heavy atom. The largest absolute Gasteiger partial charge is 0.455 e. The minimum absolute atomic E-state index is 0.117. The lowest BCUT2D eigenvalue weighted by molar-refractivity contribution is -0.146. The molecule has 5 heteroatoms. The Morgan fingerprint density at radius 3 is 2.56 bits per heavy atom. The molecule has 0 unspecified atom stereocenters. The Hall–Kier alpha value is -2.85. The number of esters is 1. The zero-order valence-corrected chi connectivity index (χ0v) is 14.1. The molecule has 0 bridgehead atoms. The van der Waals surface area contributed by atoms with E-state index < -0.39 is 11.9 Å². The molecule has 0 spiro atoms. The van der Waals surface area contributed by atoms with Crippen molar-refractivity contribution in [1.82, 2.24) is 0 Å². The van der Waals surface area contributed by atoms with Crippen LogP contribution in [0, 0.1) is 0 Å². The number of amides is 1. The van der Waals surface area contributed by atoms with E-state index in [4.69, 9.17) is 16.3 Å². The molecule has 126 valence electrons. The lowest BCUT2D eigenvalue weighted by Gasteiger charge is -2.08. The van der Waals surface area contributed by atoms with Crippen molar-refractivity contribution in [2.75, 3.05) is 11.9 Å². The van der Waals surface area contributed by atoms with Crippen LogP contribution >= 0.6 is 11.6 Å². The van der Waals surface area contributed by atoms with Gasteiger partial charge in [0.15, 0.2) is 6.61 Å². The van der Waals surface area contributed by atoms with Crippen molar-refractivity contribution >= 4 is 39.9 Å². The number of fused-ring (bicyclic) bond motifs is 1. The summed E-state index contributed by atoms with van der Waals surface area (Å²) in [6.07, 6.45) is 0.117. The standard InChI is InChI=1S/C20H16ClNO3/c21-16-8-4-9-17(12-16)22-19(23)13-25-20(24)11-15-7-3-6-14-5-1-2-10-18(14)15/h1-10,12H,11,13H2,(H,22,23). The SMILES string of the molecule is O=C(COC(=O)Cc1cccc2ccccc12)Nc1cccc(Cl)c1. The third kappa shape index (κ3) is 4.58. The zero-order chi connectivity index (χ0) is 17.6. The van der Waals surface area contributed by atoms with Crippen molar-refractivity contribution in [3.05, 3.63) is 77.3 Å². The molecule has 0 aliphatic carbocycles. The molecule has 0 saturated heterocycles. The molecule has 3 rings (SSSR count). The number of carbonyl (C=O) groups excluding carboxylic acids is 2. The highest BCUT2D eigenvalue weighted by molar-refractivity contribution is 6.30. The van der Waals surface area contributed by atoms with E-state index in [0.717, 1.165) is 16.3 Å². The van der Waals surface area contributed by atoms with Gasteiger partial charge in [0.1, 0.15) is 0 Å². The number of hydrogen-bond donors (Lipinski definition) is 1. The molecule has 0 saturated carbocycles. The van der Waals surface area contributed by atoms with E-state index in [9.17, 15) is 9.59 Å². The number of ether oxygens (including phenoxy) is 1. The van der Waals surface area contributed by atoms with Crippen LogP contribution in [-0.4, -0.2) is 18.5 Å². The predicted molar refractivity (Wildman–Crippen MR) is 98.7 cm³/mol. The molecule has 0 aliphatic heterocycles. The molecular formula is C20H16ClNO3. The molecule has 0 radical (unpaired) electrons. The van der Waals surface area contributed by atoms with Gasteiger partial charge in [-0.3, -0.25) is 9.59 Å². The minimum Gasteiger partial charge on any atom is -0.455 e. The van der Waals surface area contributed by atoms with Gasteiger partial charge in [0.05, 0.1) is 6.42 Å². The average Bonchev–Trinajstić information content (AvgIpc) is 2.60. The molecule has 0 atom stereocenters. The molecular weight excluding hydrogens is 338 g/mol. The van der Waals surface area contributed by atoms with E-state index in [1.165, 1.54) is 0 Å². The van der Waals surface area contributed by atoms with Gasteiger partial charge < -0.3 is 10.1 Å². The van der Waals surface area contributed by atoms with Crippen LogP contribution < -0.4 is 5.32 Å². The lowest BCUT2D eigenvalue weighted by atomic mass is 10.0. The van der Waals surface area contributed by atoms with E-state index >= 15 is 0 Å². The monoisotopic (exact) mass is 353 g/mol. The molecule has 0 aromatic heterocycles. The summed E-state index contributed by atoms with van der Waals surface area (Å²) >= 11 is 5.86. The zero-order valence-electron chi connectivity index (χ0n) is 13.4. The van der Waals surface area contributed by atoms with E-state index in [2.05, 4.69) is 5.32 Å². The van der Waals surface area contributed by atoms with Gasteiger partial charge in [-0.1, -0.05) is 60.1 Å². The maximum atomic E-state index is 12.0. The van der Waals surface area contributed by atoms with Gasteiger partial charge in [-0.15, -0.1) is 0 Å². The fourth-order valence-corrected chi connectivity index (χ4v) is 2.75. The second-order valence-electron chi connectivity index (χ2n) is 5.53. The van der Waals surface area contributed by atoms with Crippen molar-refractivity contribution in [3.8, 4) is 0 Å². The highest BCUT2D eigenvalue weighted by Gasteiger charge is 2.11. The lowest BCUT2D eigenvalue weighted by Crippen LogP contribution is -2.21. The Morgan fingerprint density at radius 2 is 1.72 bits per heavy atom. The Bertz CT molecular complexity index is 918. The minimum atomic E-state index is -0.447. The van der Waals surface area contributed by atoms with Gasteiger partial charge in [0, 0.05) is 10.7 Å². The molecule has 0 heterocycles. The third-order valence-electron chi connectivity index (χ3n) is 3.69. The van der Waals surface area contributed by atoms with Crippen molar-refractivity contribution in [2.45, 2.75) is 6.42 Å². The highest BCUT2D eigenvalue weighted by Crippen LogP contribution is 2.19. The van der Waals surface area contributed by atoms with E-state index in [1.54, 1.807) is 24.3 Å². The van der Waals surface area contributed by atoms with E-state index in [-0.39, 0.29) is 13.0 Å². The number of anilines is 1. The smallest absolute Gasteiger partial charge is 0.310 e. The first-order chi connectivity index (χ1) is 12.1. The molecule has 0 aliphatic rings. The Kier molecular flexibility index (Phi) is 5.31. The quantitative estimate of drug-likeness (QED) is 0.699. The highest BCUT2D eigenvalue weighted by atomic mass is 35.5. The van der Waals surface area contributed by atoms with Crippen LogP contribution in [0.25, 0.3) is 10.8 Å². The molecule has 3 aromatic carbocycles. The Balaban J connectivity index is 1.56. The first kappa shape index (κ1) is 17.0. The van der Waals surface area contributed by atoms with Crippen LogP contribution in [0.4, 0.5) is 5.69 Å². The maximum Gasteiger partial charge on any atom is 0.310 e. The van der Waals surface area contributed by atoms with Crippen molar-refractivity contribution in [1.29, 1.82) is 0 Å². The van der Waals surface area contributed by atoms with Gasteiger partial charge in [-0.2, -0.15) is 0 Å². The van der Waals surface area contributed by atoms with Crippen LogP contribution in [-0.2, 0) is 20.7 Å². The summed E-state index contributed by atoms with van der Waals surface area (Å²) in [4.78, 5) is 23.9. The van der Waals surface area contributed by atoms with Gasteiger partial charge in [-0.25, -0.2) is 0 Å². The number of carbonyl (C=O) groups is 2. The van der Waals surface area contributed by atoms with Crippen molar-refractivity contribution < 1.29 is 14.3 Å². The van der Waals surface area contributed by atoms with Crippen LogP contribution in [0.2, 0.25) is 5.02 Å². The molecule has 1 N–H and O–H groups in total. The average molecular weight is 354 g/mol. The number of nitrogens with one attached hydrogen (secondary N) is 1. The normalized spacial score (nSPS) is 10.4. The second-order valence-corrected chi connectivity index (χ2v) is 5.97. The molecule has 1 amide bonds. The van der Waals surface area contributed by atoms with Crippen molar-refractivity contribution in [2.24, 2.45) is 0 Å². The second kappa shape index (κ2) is 7.81. The summed E-state index contributed by atoms with van der Waals surface area (Å²) < 4.78 is 5.08. The molecule has 3 aromatic rings. The number of benzene rings is 3. The molecule has 4 nitrogen and oxygen atoms in total. The van der Waals surface area contributed by atoms with Crippen LogP contribution in [0.5, 0.6) is 0 Å². The maximum absolute atomic E-state index is 12.0. The molecule has 25 heavy (non-hydrogen) atoms. The molecule has 0 fully saturated rings. The van der Waals surface area contributed by atoms with Crippen LogP contribution in [0.15, 0.2) is 66.7 Å².